The van der Waals surface area contributed by atoms with Crippen LogP contribution in [0.25, 0.3) is 0 Å². The maximum Gasteiger partial charge on any atom is 0.251 e. The Morgan fingerprint density at radius 2 is 1.65 bits per heavy atom. The molecular formula is C15H12Br2FNO. The van der Waals surface area contributed by atoms with Gasteiger partial charge in [0.15, 0.2) is 0 Å². The molecule has 5 heteroatoms. The van der Waals surface area contributed by atoms with Gasteiger partial charge in [0.1, 0.15) is 5.82 Å². The lowest BCUT2D eigenvalue weighted by molar-refractivity contribution is 0.0940. The van der Waals surface area contributed by atoms with Crippen molar-refractivity contribution in [2.45, 2.75) is 13.0 Å². The number of rotatable bonds is 3. The number of carbonyl (C=O) groups excluding carboxylic acids is 1. The van der Waals surface area contributed by atoms with Gasteiger partial charge in [0.2, 0.25) is 0 Å². The van der Waals surface area contributed by atoms with Crippen LogP contribution in [0, 0.1) is 5.82 Å². The number of benzene rings is 2. The molecule has 1 atom stereocenters. The number of hydrogen-bond donors (Lipinski definition) is 1. The van der Waals surface area contributed by atoms with E-state index in [9.17, 15) is 9.18 Å². The van der Waals surface area contributed by atoms with Crippen molar-refractivity contribution >= 4 is 37.8 Å². The normalized spacial score (nSPS) is 12.0. The van der Waals surface area contributed by atoms with Crippen molar-refractivity contribution in [3.63, 3.8) is 0 Å². The SMILES string of the molecule is CC(NC(=O)c1cc(Br)cc(Br)c1)c1ccc(F)cc1. The van der Waals surface area contributed by atoms with Crippen LogP contribution in [-0.2, 0) is 0 Å². The summed E-state index contributed by atoms with van der Waals surface area (Å²) in [4.78, 5) is 12.2. The van der Waals surface area contributed by atoms with E-state index in [0.717, 1.165) is 14.5 Å². The minimum atomic E-state index is -0.289. The van der Waals surface area contributed by atoms with E-state index in [2.05, 4.69) is 37.2 Å². The Labute approximate surface area is 133 Å². The summed E-state index contributed by atoms with van der Waals surface area (Å²) in [5.41, 5.74) is 1.41. The molecule has 0 saturated heterocycles. The average molecular weight is 401 g/mol. The molecule has 20 heavy (non-hydrogen) atoms. The van der Waals surface area contributed by atoms with Gasteiger partial charge in [-0.1, -0.05) is 44.0 Å². The first-order valence-corrected chi connectivity index (χ1v) is 7.57. The number of amides is 1. The largest absolute Gasteiger partial charge is 0.346 e. The lowest BCUT2D eigenvalue weighted by Crippen LogP contribution is -2.26. The molecule has 0 aliphatic rings. The summed E-state index contributed by atoms with van der Waals surface area (Å²) in [7, 11) is 0. The fourth-order valence-electron chi connectivity index (χ4n) is 1.80. The van der Waals surface area contributed by atoms with Crippen LogP contribution in [-0.4, -0.2) is 5.91 Å². The van der Waals surface area contributed by atoms with Crippen molar-refractivity contribution in [3.05, 3.63) is 68.4 Å². The van der Waals surface area contributed by atoms with Gasteiger partial charge in [-0.05, 0) is 42.8 Å². The molecule has 2 aromatic carbocycles. The summed E-state index contributed by atoms with van der Waals surface area (Å²) in [6, 6.07) is 11.3. The Morgan fingerprint density at radius 3 is 2.20 bits per heavy atom. The van der Waals surface area contributed by atoms with Crippen LogP contribution in [0.1, 0.15) is 28.9 Å². The van der Waals surface area contributed by atoms with Crippen LogP contribution < -0.4 is 5.32 Å². The third kappa shape index (κ3) is 3.90. The third-order valence-corrected chi connectivity index (χ3v) is 3.76. The number of carbonyl (C=O) groups is 1. The van der Waals surface area contributed by atoms with Gasteiger partial charge in [-0.15, -0.1) is 0 Å². The zero-order chi connectivity index (χ0) is 14.7. The summed E-state index contributed by atoms with van der Waals surface area (Å²) in [5.74, 6) is -0.466. The minimum Gasteiger partial charge on any atom is -0.346 e. The van der Waals surface area contributed by atoms with Crippen LogP contribution >= 0.6 is 31.9 Å². The molecule has 0 radical (unpaired) electrons. The maximum absolute atomic E-state index is 12.9. The van der Waals surface area contributed by atoms with Crippen LogP contribution in [0.5, 0.6) is 0 Å². The maximum atomic E-state index is 12.9. The van der Waals surface area contributed by atoms with Crippen molar-refractivity contribution in [2.24, 2.45) is 0 Å². The molecular weight excluding hydrogens is 389 g/mol. The van der Waals surface area contributed by atoms with Gasteiger partial charge < -0.3 is 5.32 Å². The summed E-state index contributed by atoms with van der Waals surface area (Å²) in [6.07, 6.45) is 0. The molecule has 0 heterocycles. The average Bonchev–Trinajstić information content (AvgIpc) is 2.38. The van der Waals surface area contributed by atoms with E-state index in [4.69, 9.17) is 0 Å². The van der Waals surface area contributed by atoms with Crippen LogP contribution in [0.3, 0.4) is 0 Å². The van der Waals surface area contributed by atoms with E-state index in [1.807, 2.05) is 13.0 Å². The predicted molar refractivity (Wildman–Crippen MR) is 84.1 cm³/mol. The van der Waals surface area contributed by atoms with Gasteiger partial charge in [0, 0.05) is 14.5 Å². The second-order valence-corrected chi connectivity index (χ2v) is 6.24. The second kappa shape index (κ2) is 6.50. The molecule has 0 aliphatic heterocycles. The van der Waals surface area contributed by atoms with Gasteiger partial charge >= 0.3 is 0 Å². The van der Waals surface area contributed by atoms with Crippen LogP contribution in [0.15, 0.2) is 51.4 Å². The molecule has 2 aromatic rings. The van der Waals surface area contributed by atoms with Crippen molar-refractivity contribution in [1.82, 2.24) is 5.32 Å². The van der Waals surface area contributed by atoms with Crippen molar-refractivity contribution < 1.29 is 9.18 Å². The summed E-state index contributed by atoms with van der Waals surface area (Å²) in [5, 5.41) is 2.88. The molecule has 2 rings (SSSR count). The highest BCUT2D eigenvalue weighted by Crippen LogP contribution is 2.21. The Morgan fingerprint density at radius 1 is 1.10 bits per heavy atom. The highest BCUT2D eigenvalue weighted by Gasteiger charge is 2.12. The minimum absolute atomic E-state index is 0.177. The molecule has 104 valence electrons. The summed E-state index contributed by atoms with van der Waals surface area (Å²) < 4.78 is 14.5. The molecule has 0 bridgehead atoms. The third-order valence-electron chi connectivity index (χ3n) is 2.84. The molecule has 0 spiro atoms. The van der Waals surface area contributed by atoms with Gasteiger partial charge in [0.25, 0.3) is 5.91 Å². The summed E-state index contributed by atoms with van der Waals surface area (Å²) in [6.45, 7) is 1.86. The molecule has 0 fully saturated rings. The van der Waals surface area contributed by atoms with Gasteiger partial charge in [-0.2, -0.15) is 0 Å². The first-order chi connectivity index (χ1) is 9.45. The molecule has 1 N–H and O–H groups in total. The van der Waals surface area contributed by atoms with E-state index >= 15 is 0 Å². The quantitative estimate of drug-likeness (QED) is 0.784. The standard InChI is InChI=1S/C15H12Br2FNO/c1-9(10-2-4-14(18)5-3-10)19-15(20)11-6-12(16)8-13(17)7-11/h2-9H,1H3,(H,19,20). The highest BCUT2D eigenvalue weighted by atomic mass is 79.9. The topological polar surface area (TPSA) is 29.1 Å². The molecule has 0 aromatic heterocycles. The predicted octanol–water partition coefficient (Wildman–Crippen LogP) is 4.84. The fraction of sp³-hybridized carbons (Fsp3) is 0.133. The zero-order valence-electron chi connectivity index (χ0n) is 10.7. The zero-order valence-corrected chi connectivity index (χ0v) is 13.8. The Kier molecular flexibility index (Phi) is 4.94. The second-order valence-electron chi connectivity index (χ2n) is 4.40. The van der Waals surface area contributed by atoms with Crippen molar-refractivity contribution in [2.75, 3.05) is 0 Å². The monoisotopic (exact) mass is 399 g/mol. The Balaban J connectivity index is 2.12. The van der Waals surface area contributed by atoms with E-state index in [0.29, 0.717) is 5.56 Å². The molecule has 0 saturated carbocycles. The van der Waals surface area contributed by atoms with Gasteiger partial charge in [-0.3, -0.25) is 4.79 Å². The lowest BCUT2D eigenvalue weighted by Gasteiger charge is -2.14. The van der Waals surface area contributed by atoms with E-state index in [1.165, 1.54) is 12.1 Å². The molecule has 0 aliphatic carbocycles. The van der Waals surface area contributed by atoms with E-state index in [1.54, 1.807) is 24.3 Å². The van der Waals surface area contributed by atoms with Gasteiger partial charge in [-0.25, -0.2) is 4.39 Å². The van der Waals surface area contributed by atoms with E-state index < -0.39 is 0 Å². The molecule has 1 amide bonds. The van der Waals surface area contributed by atoms with Gasteiger partial charge in [0.05, 0.1) is 6.04 Å². The fourth-order valence-corrected chi connectivity index (χ4v) is 3.09. The Bertz CT molecular complexity index is 608. The van der Waals surface area contributed by atoms with Crippen molar-refractivity contribution in [1.29, 1.82) is 0 Å². The van der Waals surface area contributed by atoms with Crippen molar-refractivity contribution in [3.8, 4) is 0 Å². The first kappa shape index (κ1) is 15.2. The Hall–Kier alpha value is -1.20. The summed E-state index contributed by atoms with van der Waals surface area (Å²) >= 11 is 6.70. The van der Waals surface area contributed by atoms with E-state index in [-0.39, 0.29) is 17.8 Å². The number of nitrogens with one attached hydrogen (secondary N) is 1. The van der Waals surface area contributed by atoms with Crippen LogP contribution in [0.4, 0.5) is 4.39 Å². The smallest absolute Gasteiger partial charge is 0.251 e. The number of hydrogen-bond acceptors (Lipinski definition) is 1. The lowest BCUT2D eigenvalue weighted by atomic mass is 10.1. The first-order valence-electron chi connectivity index (χ1n) is 5.98. The van der Waals surface area contributed by atoms with Crippen LogP contribution in [0.2, 0.25) is 0 Å². The molecule has 1 unspecified atom stereocenters. The number of halogens is 3. The highest BCUT2D eigenvalue weighted by molar-refractivity contribution is 9.11. The molecule has 2 nitrogen and oxygen atoms in total.